The van der Waals surface area contributed by atoms with Gasteiger partial charge in [0.15, 0.2) is 0 Å². The van der Waals surface area contributed by atoms with Crippen LogP contribution in [0.1, 0.15) is 79.1 Å². The molecule has 0 amide bonds. The van der Waals surface area contributed by atoms with Crippen molar-refractivity contribution in [2.24, 2.45) is 11.3 Å². The standard InChI is InChI=1S/C11H15O4.3C4H9.Sn/c1-7-5-11(6-8(7)2,9(12)14-3)10(13)15-4;3*1-3-4-2;/h1,8H,5-6H2,2-4H3;3*1,3-4H2,2H3;. The molecule has 0 aliphatic heterocycles. The van der Waals surface area contributed by atoms with Crippen LogP contribution in [0, 0.1) is 11.3 Å². The molecule has 0 bridgehead atoms. The fraction of sp³-hybridized carbons (Fsp3) is 0.826. The number of carbonyl (C=O) groups is 2. The van der Waals surface area contributed by atoms with Gasteiger partial charge in [0.2, 0.25) is 0 Å². The first kappa shape index (κ1) is 25.5. The van der Waals surface area contributed by atoms with Crippen molar-refractivity contribution in [3.05, 3.63) is 9.67 Å². The van der Waals surface area contributed by atoms with Gasteiger partial charge in [-0.05, 0) is 0 Å². The van der Waals surface area contributed by atoms with Crippen molar-refractivity contribution in [1.82, 2.24) is 0 Å². The molecular formula is C23H42O4Sn. The minimum absolute atomic E-state index is 0.235. The van der Waals surface area contributed by atoms with E-state index in [1.807, 2.05) is 0 Å². The number of ether oxygens (including phenoxy) is 2. The molecule has 5 heteroatoms. The van der Waals surface area contributed by atoms with Gasteiger partial charge in [0, 0.05) is 0 Å². The summed E-state index contributed by atoms with van der Waals surface area (Å²) in [6, 6.07) is 0. The summed E-state index contributed by atoms with van der Waals surface area (Å²) in [5.41, 5.74) is 0.182. The summed E-state index contributed by atoms with van der Waals surface area (Å²) >= 11 is -2.48. The van der Waals surface area contributed by atoms with Crippen LogP contribution >= 0.6 is 0 Å². The fourth-order valence-electron chi connectivity index (χ4n) is 4.80. The van der Waals surface area contributed by atoms with E-state index in [1.165, 1.54) is 71.6 Å². The third kappa shape index (κ3) is 6.24. The first-order valence-corrected chi connectivity index (χ1v) is 18.9. The normalized spacial score (nSPS) is 20.4. The Morgan fingerprint density at radius 2 is 1.39 bits per heavy atom. The van der Waals surface area contributed by atoms with Crippen LogP contribution in [0.3, 0.4) is 0 Å². The number of carbonyl (C=O) groups excluding carboxylic acids is 2. The van der Waals surface area contributed by atoms with Crippen molar-refractivity contribution in [1.29, 1.82) is 0 Å². The molecule has 0 aromatic carbocycles. The summed E-state index contributed by atoms with van der Waals surface area (Å²) in [7, 11) is 2.74. The average Bonchev–Trinajstić information content (AvgIpc) is 3.04. The number of hydrogen-bond donors (Lipinski definition) is 0. The van der Waals surface area contributed by atoms with Crippen LogP contribution in [0.25, 0.3) is 0 Å². The molecule has 0 saturated heterocycles. The summed E-state index contributed by atoms with van der Waals surface area (Å²) in [6.45, 7) is 9.00. The zero-order chi connectivity index (χ0) is 21.2. The van der Waals surface area contributed by atoms with Crippen molar-refractivity contribution in [2.45, 2.75) is 92.4 Å². The first-order chi connectivity index (χ1) is 13.3. The molecule has 1 aliphatic rings. The maximum atomic E-state index is 12.6. The maximum absolute atomic E-state index is 12.6. The molecule has 1 unspecified atom stereocenters. The summed E-state index contributed by atoms with van der Waals surface area (Å²) in [6.07, 6.45) is 8.63. The molecule has 0 aromatic rings. The molecule has 162 valence electrons. The van der Waals surface area contributed by atoms with Crippen LogP contribution < -0.4 is 0 Å². The van der Waals surface area contributed by atoms with Gasteiger partial charge in [-0.3, -0.25) is 0 Å². The third-order valence-electron chi connectivity index (χ3n) is 6.52. The Morgan fingerprint density at radius 1 is 0.964 bits per heavy atom. The van der Waals surface area contributed by atoms with Gasteiger partial charge in [0.25, 0.3) is 0 Å². The van der Waals surface area contributed by atoms with E-state index in [0.29, 0.717) is 12.8 Å². The van der Waals surface area contributed by atoms with Crippen molar-refractivity contribution >= 4 is 30.3 Å². The summed E-state index contributed by atoms with van der Waals surface area (Å²) in [5, 5.41) is 0. The SMILES string of the molecule is CCC[CH2][Sn](/[CH]=C1\CC(C(=O)OC)(C(=O)OC)CC1C)([CH2]CCC)[CH2]CCC. The Kier molecular flexibility index (Phi) is 11.2. The van der Waals surface area contributed by atoms with E-state index in [1.54, 1.807) is 0 Å². The van der Waals surface area contributed by atoms with Gasteiger partial charge < -0.3 is 0 Å². The second-order valence-electron chi connectivity index (χ2n) is 8.74. The molecule has 28 heavy (non-hydrogen) atoms. The Labute approximate surface area is 176 Å². The van der Waals surface area contributed by atoms with E-state index in [-0.39, 0.29) is 5.92 Å². The molecule has 0 N–H and O–H groups in total. The predicted octanol–water partition coefficient (Wildman–Crippen LogP) is 6.06. The summed E-state index contributed by atoms with van der Waals surface area (Å²) < 4.78 is 16.9. The van der Waals surface area contributed by atoms with Crippen LogP contribution in [0.5, 0.6) is 0 Å². The van der Waals surface area contributed by atoms with Gasteiger partial charge in [-0.15, -0.1) is 0 Å². The Hall–Kier alpha value is -0.521. The fourth-order valence-corrected chi connectivity index (χ4v) is 20.6. The van der Waals surface area contributed by atoms with Crippen molar-refractivity contribution < 1.29 is 19.1 Å². The van der Waals surface area contributed by atoms with E-state index >= 15 is 0 Å². The summed E-state index contributed by atoms with van der Waals surface area (Å²) in [4.78, 5) is 25.2. The topological polar surface area (TPSA) is 52.6 Å². The van der Waals surface area contributed by atoms with Crippen molar-refractivity contribution in [2.75, 3.05) is 14.2 Å². The van der Waals surface area contributed by atoms with E-state index in [4.69, 9.17) is 9.47 Å². The molecule has 1 atom stereocenters. The molecule has 1 aliphatic carbocycles. The number of esters is 2. The van der Waals surface area contributed by atoms with Gasteiger partial charge in [-0.1, -0.05) is 0 Å². The number of allylic oxidation sites excluding steroid dienone is 1. The van der Waals surface area contributed by atoms with E-state index in [9.17, 15) is 9.59 Å². The molecule has 1 rings (SSSR count). The summed E-state index contributed by atoms with van der Waals surface area (Å²) in [5.74, 6) is -0.642. The van der Waals surface area contributed by atoms with Gasteiger partial charge >= 0.3 is 177 Å². The van der Waals surface area contributed by atoms with Crippen LogP contribution in [-0.4, -0.2) is 44.5 Å². The van der Waals surface area contributed by atoms with Gasteiger partial charge in [-0.25, -0.2) is 0 Å². The van der Waals surface area contributed by atoms with E-state index in [0.717, 1.165) is 0 Å². The average molecular weight is 501 g/mol. The molecule has 0 aromatic heterocycles. The quantitative estimate of drug-likeness (QED) is 0.185. The first-order valence-electron chi connectivity index (χ1n) is 11.2. The van der Waals surface area contributed by atoms with Gasteiger partial charge in [0.1, 0.15) is 0 Å². The van der Waals surface area contributed by atoms with Gasteiger partial charge in [-0.2, -0.15) is 0 Å². The Balaban J connectivity index is 3.30. The third-order valence-corrected chi connectivity index (χ3v) is 20.9. The Bertz CT molecular complexity index is 503. The van der Waals surface area contributed by atoms with Crippen LogP contribution in [0.4, 0.5) is 0 Å². The second kappa shape index (κ2) is 12.2. The molecule has 1 fully saturated rings. The molecule has 0 spiro atoms. The zero-order valence-corrected chi connectivity index (χ0v) is 21.9. The van der Waals surface area contributed by atoms with Crippen LogP contribution in [0.15, 0.2) is 9.67 Å². The Morgan fingerprint density at radius 3 is 1.75 bits per heavy atom. The minimum atomic E-state index is -2.48. The number of unbranched alkanes of at least 4 members (excludes halogenated alkanes) is 3. The molecule has 1 saturated carbocycles. The molecular weight excluding hydrogens is 459 g/mol. The monoisotopic (exact) mass is 502 g/mol. The molecule has 0 heterocycles. The van der Waals surface area contributed by atoms with Crippen molar-refractivity contribution in [3.8, 4) is 0 Å². The van der Waals surface area contributed by atoms with E-state index < -0.39 is 35.7 Å². The van der Waals surface area contributed by atoms with Gasteiger partial charge in [0.05, 0.1) is 0 Å². The van der Waals surface area contributed by atoms with Crippen LogP contribution in [-0.2, 0) is 19.1 Å². The van der Waals surface area contributed by atoms with Crippen LogP contribution in [0.2, 0.25) is 13.3 Å². The number of methoxy groups -OCH3 is 2. The van der Waals surface area contributed by atoms with E-state index in [2.05, 4.69) is 31.8 Å². The zero-order valence-electron chi connectivity index (χ0n) is 19.1. The number of rotatable bonds is 12. The molecule has 4 nitrogen and oxygen atoms in total. The number of hydrogen-bond acceptors (Lipinski definition) is 4. The molecule has 0 radical (unpaired) electrons. The second-order valence-corrected chi connectivity index (χ2v) is 21.6. The predicted molar refractivity (Wildman–Crippen MR) is 118 cm³/mol. The van der Waals surface area contributed by atoms with Crippen molar-refractivity contribution in [3.63, 3.8) is 0 Å².